The van der Waals surface area contributed by atoms with Crippen LogP contribution >= 0.6 is 0 Å². The lowest BCUT2D eigenvalue weighted by atomic mass is 9.72. The Bertz CT molecular complexity index is 527. The molecule has 0 spiro atoms. The fourth-order valence-electron chi connectivity index (χ4n) is 5.58. The van der Waals surface area contributed by atoms with Crippen molar-refractivity contribution in [3.63, 3.8) is 0 Å². The molecule has 1 N–H and O–H groups in total. The second-order valence-electron chi connectivity index (χ2n) is 11.0. The van der Waals surface area contributed by atoms with Crippen LogP contribution < -0.4 is 0 Å². The lowest BCUT2D eigenvalue weighted by Gasteiger charge is -2.38. The number of rotatable bonds is 8. The first kappa shape index (κ1) is 24.2. The van der Waals surface area contributed by atoms with E-state index in [2.05, 4.69) is 27.7 Å². The van der Waals surface area contributed by atoms with Gasteiger partial charge >= 0.3 is 11.9 Å². The maximum Gasteiger partial charge on any atom is 0.310 e. The predicted octanol–water partition coefficient (Wildman–Crippen LogP) is 6.47. The molecule has 0 aromatic heterocycles. The van der Waals surface area contributed by atoms with Gasteiger partial charge in [0.05, 0.1) is 11.8 Å². The molecule has 2 rings (SSSR count). The molecule has 0 aromatic rings. The first-order valence-corrected chi connectivity index (χ1v) is 12.1. The Labute approximate surface area is 178 Å². The standard InChI is InChI=1S/C25H44O4/c1-6-7-10-18-12-14-19(15-13-18)21(16-25(3,4)5)29-24(28)20-11-8-9-17(2)22(20)23(26)27/h17-22H,6-16H2,1-5H3,(H,26,27). The molecule has 2 aliphatic carbocycles. The highest BCUT2D eigenvalue weighted by atomic mass is 16.5. The SMILES string of the molecule is CCCCC1CCC(C(CC(C)(C)C)OC(=O)C2CCCC(C)C2C(=O)O)CC1. The van der Waals surface area contributed by atoms with Crippen LogP contribution in [0.15, 0.2) is 0 Å². The first-order valence-electron chi connectivity index (χ1n) is 12.1. The Morgan fingerprint density at radius 1 is 1.07 bits per heavy atom. The molecule has 2 fully saturated rings. The van der Waals surface area contributed by atoms with E-state index >= 15 is 0 Å². The maximum absolute atomic E-state index is 13.1. The quantitative estimate of drug-likeness (QED) is 0.468. The number of esters is 1. The summed E-state index contributed by atoms with van der Waals surface area (Å²) >= 11 is 0. The average Bonchev–Trinajstić information content (AvgIpc) is 2.64. The van der Waals surface area contributed by atoms with Crippen LogP contribution in [0, 0.1) is 35.0 Å². The molecule has 0 radical (unpaired) electrons. The summed E-state index contributed by atoms with van der Waals surface area (Å²) in [7, 11) is 0. The highest BCUT2D eigenvalue weighted by Gasteiger charge is 2.43. The average molecular weight is 409 g/mol. The molecule has 4 atom stereocenters. The van der Waals surface area contributed by atoms with E-state index in [1.807, 2.05) is 6.92 Å². The van der Waals surface area contributed by atoms with Crippen LogP contribution in [-0.4, -0.2) is 23.1 Å². The minimum Gasteiger partial charge on any atom is -0.481 e. The van der Waals surface area contributed by atoms with Crippen LogP contribution in [0.4, 0.5) is 0 Å². The molecule has 0 amide bonds. The molecule has 0 heterocycles. The highest BCUT2D eigenvalue weighted by Crippen LogP contribution is 2.40. The molecule has 168 valence electrons. The molecular weight excluding hydrogens is 364 g/mol. The summed E-state index contributed by atoms with van der Waals surface area (Å²) in [5.41, 5.74) is 0.0794. The number of hydrogen-bond donors (Lipinski definition) is 1. The van der Waals surface area contributed by atoms with Gasteiger partial charge in [0, 0.05) is 0 Å². The molecular formula is C25H44O4. The third-order valence-electron chi connectivity index (χ3n) is 7.27. The molecule has 4 unspecified atom stereocenters. The minimum atomic E-state index is -0.844. The van der Waals surface area contributed by atoms with Crippen LogP contribution in [0.25, 0.3) is 0 Å². The van der Waals surface area contributed by atoms with E-state index in [9.17, 15) is 14.7 Å². The zero-order valence-corrected chi connectivity index (χ0v) is 19.4. The van der Waals surface area contributed by atoms with Crippen molar-refractivity contribution in [3.8, 4) is 0 Å². The lowest BCUT2D eigenvalue weighted by Crippen LogP contribution is -2.41. The van der Waals surface area contributed by atoms with Gasteiger partial charge in [-0.2, -0.15) is 0 Å². The van der Waals surface area contributed by atoms with Crippen molar-refractivity contribution in [2.45, 2.75) is 111 Å². The first-order chi connectivity index (χ1) is 13.6. The minimum absolute atomic E-state index is 0.0360. The number of aliphatic carboxylic acids is 1. The number of carboxylic acids is 1. The molecule has 0 aromatic carbocycles. The van der Waals surface area contributed by atoms with E-state index < -0.39 is 17.8 Å². The second kappa shape index (κ2) is 10.8. The lowest BCUT2D eigenvalue weighted by molar-refractivity contribution is -0.169. The topological polar surface area (TPSA) is 63.6 Å². The van der Waals surface area contributed by atoms with Crippen LogP contribution in [0.2, 0.25) is 0 Å². The second-order valence-corrected chi connectivity index (χ2v) is 11.0. The molecule has 0 saturated heterocycles. The monoisotopic (exact) mass is 408 g/mol. The van der Waals surface area contributed by atoms with E-state index in [-0.39, 0.29) is 23.4 Å². The number of carbonyl (C=O) groups excluding carboxylic acids is 1. The largest absolute Gasteiger partial charge is 0.481 e. The summed E-state index contributed by atoms with van der Waals surface area (Å²) in [4.78, 5) is 24.9. The summed E-state index contributed by atoms with van der Waals surface area (Å²) in [6.45, 7) is 10.8. The van der Waals surface area contributed by atoms with E-state index in [0.29, 0.717) is 12.3 Å². The van der Waals surface area contributed by atoms with Gasteiger partial charge in [-0.25, -0.2) is 0 Å². The Balaban J connectivity index is 2.04. The molecule has 0 aliphatic heterocycles. The van der Waals surface area contributed by atoms with Gasteiger partial charge in [-0.1, -0.05) is 73.1 Å². The van der Waals surface area contributed by atoms with E-state index in [0.717, 1.165) is 38.0 Å². The van der Waals surface area contributed by atoms with Crippen molar-refractivity contribution < 1.29 is 19.4 Å². The maximum atomic E-state index is 13.1. The van der Waals surface area contributed by atoms with Crippen LogP contribution in [-0.2, 0) is 14.3 Å². The van der Waals surface area contributed by atoms with Gasteiger partial charge in [-0.05, 0) is 55.3 Å². The number of carboxylic acid groups (broad SMARTS) is 1. The molecule has 4 heteroatoms. The van der Waals surface area contributed by atoms with E-state index in [1.54, 1.807) is 0 Å². The zero-order valence-electron chi connectivity index (χ0n) is 19.4. The molecule has 29 heavy (non-hydrogen) atoms. The molecule has 0 bridgehead atoms. The fourth-order valence-corrected chi connectivity index (χ4v) is 5.58. The van der Waals surface area contributed by atoms with Crippen molar-refractivity contribution in [1.29, 1.82) is 0 Å². The normalized spacial score (nSPS) is 31.8. The van der Waals surface area contributed by atoms with E-state index in [1.165, 1.54) is 32.1 Å². The summed E-state index contributed by atoms with van der Waals surface area (Å²) in [6, 6.07) is 0. The predicted molar refractivity (Wildman–Crippen MR) is 117 cm³/mol. The molecule has 4 nitrogen and oxygen atoms in total. The number of ether oxygens (including phenoxy) is 1. The van der Waals surface area contributed by atoms with Crippen molar-refractivity contribution >= 4 is 11.9 Å². The van der Waals surface area contributed by atoms with Crippen molar-refractivity contribution in [1.82, 2.24) is 0 Å². The van der Waals surface area contributed by atoms with Crippen LogP contribution in [0.5, 0.6) is 0 Å². The zero-order chi connectivity index (χ0) is 21.6. The third-order valence-corrected chi connectivity index (χ3v) is 7.27. The Morgan fingerprint density at radius 2 is 1.72 bits per heavy atom. The van der Waals surface area contributed by atoms with Gasteiger partial charge in [-0.15, -0.1) is 0 Å². The van der Waals surface area contributed by atoms with Crippen molar-refractivity contribution in [3.05, 3.63) is 0 Å². The van der Waals surface area contributed by atoms with Crippen molar-refractivity contribution in [2.75, 3.05) is 0 Å². The third kappa shape index (κ3) is 7.29. The van der Waals surface area contributed by atoms with Gasteiger partial charge in [0.25, 0.3) is 0 Å². The summed E-state index contributed by atoms with van der Waals surface area (Å²) in [6.07, 6.45) is 11.8. The molecule has 2 saturated carbocycles. The Hall–Kier alpha value is -1.06. The van der Waals surface area contributed by atoms with Gasteiger partial charge in [0.2, 0.25) is 0 Å². The van der Waals surface area contributed by atoms with Gasteiger partial charge in [0.15, 0.2) is 0 Å². The van der Waals surface area contributed by atoms with Crippen LogP contribution in [0.3, 0.4) is 0 Å². The summed E-state index contributed by atoms with van der Waals surface area (Å²) < 4.78 is 6.15. The number of unbranched alkanes of at least 4 members (excludes halogenated alkanes) is 1. The summed E-state index contributed by atoms with van der Waals surface area (Å²) in [5, 5.41) is 9.69. The Morgan fingerprint density at radius 3 is 2.28 bits per heavy atom. The number of hydrogen-bond acceptors (Lipinski definition) is 3. The van der Waals surface area contributed by atoms with E-state index in [4.69, 9.17) is 4.74 Å². The van der Waals surface area contributed by atoms with Gasteiger partial charge in [0.1, 0.15) is 6.10 Å². The Kier molecular flexibility index (Phi) is 9.03. The number of carbonyl (C=O) groups is 2. The van der Waals surface area contributed by atoms with Gasteiger partial charge in [-0.3, -0.25) is 9.59 Å². The van der Waals surface area contributed by atoms with Crippen LogP contribution in [0.1, 0.15) is 105 Å². The van der Waals surface area contributed by atoms with Crippen molar-refractivity contribution in [2.24, 2.45) is 35.0 Å². The summed E-state index contributed by atoms with van der Waals surface area (Å²) in [5.74, 6) is -0.910. The fraction of sp³-hybridized carbons (Fsp3) is 0.920. The highest BCUT2D eigenvalue weighted by molar-refractivity contribution is 5.81. The molecule has 2 aliphatic rings. The smallest absolute Gasteiger partial charge is 0.310 e. The van der Waals surface area contributed by atoms with Gasteiger partial charge < -0.3 is 9.84 Å².